The minimum Gasteiger partial charge on any atom is -0.444 e. The minimum absolute atomic E-state index is 0.143. The van der Waals surface area contributed by atoms with E-state index in [4.69, 9.17) is 9.72 Å². The van der Waals surface area contributed by atoms with Crippen LogP contribution in [0.1, 0.15) is 25.3 Å². The Morgan fingerprint density at radius 3 is 2.54 bits per heavy atom. The zero-order valence-corrected chi connectivity index (χ0v) is 20.9. The average Bonchev–Trinajstić information content (AvgIpc) is 3.27. The molecule has 0 bridgehead atoms. The van der Waals surface area contributed by atoms with Gasteiger partial charge >= 0.3 is 5.97 Å². The van der Waals surface area contributed by atoms with Gasteiger partial charge in [0.05, 0.1) is 17.6 Å². The van der Waals surface area contributed by atoms with Crippen molar-refractivity contribution in [2.24, 2.45) is 0 Å². The van der Waals surface area contributed by atoms with Gasteiger partial charge in [0.2, 0.25) is 11.9 Å². The smallest absolute Gasteiger partial charge is 0.304 e. The molecular formula is C27H29FN6O3. The number of aromatic nitrogens is 4. The van der Waals surface area contributed by atoms with E-state index in [1.54, 1.807) is 12.1 Å². The van der Waals surface area contributed by atoms with Crippen LogP contribution in [-0.2, 0) is 22.8 Å². The van der Waals surface area contributed by atoms with Gasteiger partial charge < -0.3 is 19.1 Å². The third kappa shape index (κ3) is 5.18. The highest BCUT2D eigenvalue weighted by Crippen LogP contribution is 2.28. The molecular weight excluding hydrogens is 475 g/mol. The highest BCUT2D eigenvalue weighted by molar-refractivity contribution is 5.79. The van der Waals surface area contributed by atoms with Crippen LogP contribution in [0.15, 0.2) is 65.6 Å². The zero-order chi connectivity index (χ0) is 25.9. The second kappa shape index (κ2) is 10.4. The Morgan fingerprint density at radius 1 is 1.08 bits per heavy atom. The lowest BCUT2D eigenvalue weighted by Gasteiger charge is -2.38. The highest BCUT2D eigenvalue weighted by Gasteiger charge is 2.28. The van der Waals surface area contributed by atoms with E-state index in [1.165, 1.54) is 35.9 Å². The van der Waals surface area contributed by atoms with E-state index in [-0.39, 0.29) is 24.1 Å². The Bertz CT molecular complexity index is 1460. The van der Waals surface area contributed by atoms with Gasteiger partial charge in [-0.1, -0.05) is 24.3 Å². The van der Waals surface area contributed by atoms with E-state index in [2.05, 4.69) is 20.5 Å². The largest absolute Gasteiger partial charge is 0.444 e. The SMILES string of the molecule is CC(=O)OCn1c(N(C)C2CCN(c3nc4ccccc4n3Cc3ccc(F)cc3)CC2)nccc1=O. The molecule has 0 spiro atoms. The number of ether oxygens (including phenoxy) is 1. The number of halogens is 1. The predicted octanol–water partition coefficient (Wildman–Crippen LogP) is 3.41. The highest BCUT2D eigenvalue weighted by atomic mass is 19.1. The van der Waals surface area contributed by atoms with Crippen molar-refractivity contribution in [2.75, 3.05) is 29.9 Å². The van der Waals surface area contributed by atoms with Crippen LogP contribution in [-0.4, -0.2) is 51.3 Å². The summed E-state index contributed by atoms with van der Waals surface area (Å²) < 4.78 is 22.1. The monoisotopic (exact) mass is 504 g/mol. The van der Waals surface area contributed by atoms with Crippen LogP contribution in [0.2, 0.25) is 0 Å². The summed E-state index contributed by atoms with van der Waals surface area (Å²) in [6.07, 6.45) is 3.13. The van der Waals surface area contributed by atoms with Crippen molar-refractivity contribution in [2.45, 2.75) is 39.1 Å². The second-order valence-corrected chi connectivity index (χ2v) is 9.22. The molecule has 2 aromatic heterocycles. The summed E-state index contributed by atoms with van der Waals surface area (Å²) in [5.74, 6) is 0.644. The van der Waals surface area contributed by atoms with Crippen molar-refractivity contribution in [3.63, 3.8) is 0 Å². The molecule has 0 atom stereocenters. The van der Waals surface area contributed by atoms with Crippen molar-refractivity contribution in [3.8, 4) is 0 Å². The van der Waals surface area contributed by atoms with Crippen LogP contribution in [0.5, 0.6) is 0 Å². The first-order chi connectivity index (χ1) is 17.9. The number of rotatable bonds is 7. The summed E-state index contributed by atoms with van der Waals surface area (Å²) in [5, 5.41) is 0. The van der Waals surface area contributed by atoms with Gasteiger partial charge in [0.25, 0.3) is 5.56 Å². The molecule has 0 amide bonds. The normalized spacial score (nSPS) is 14.2. The molecule has 9 nitrogen and oxygen atoms in total. The third-order valence-corrected chi connectivity index (χ3v) is 6.81. The Morgan fingerprint density at radius 2 is 1.81 bits per heavy atom. The van der Waals surface area contributed by atoms with Gasteiger partial charge in [0.15, 0.2) is 6.73 Å². The number of carbonyl (C=O) groups is 1. The predicted molar refractivity (Wildman–Crippen MR) is 139 cm³/mol. The fourth-order valence-electron chi connectivity index (χ4n) is 4.83. The molecule has 0 unspecified atom stereocenters. The molecule has 2 aromatic carbocycles. The lowest BCUT2D eigenvalue weighted by molar-refractivity contribution is -0.144. The van der Waals surface area contributed by atoms with Gasteiger partial charge in [-0.3, -0.25) is 9.59 Å². The second-order valence-electron chi connectivity index (χ2n) is 9.22. The lowest BCUT2D eigenvalue weighted by atomic mass is 10.0. The lowest BCUT2D eigenvalue weighted by Crippen LogP contribution is -2.46. The number of fused-ring (bicyclic) bond motifs is 1. The van der Waals surface area contributed by atoms with Crippen molar-refractivity contribution in [1.82, 2.24) is 19.1 Å². The molecule has 37 heavy (non-hydrogen) atoms. The maximum atomic E-state index is 13.5. The first-order valence-electron chi connectivity index (χ1n) is 12.3. The number of nitrogens with zero attached hydrogens (tertiary/aromatic N) is 6. The van der Waals surface area contributed by atoms with Crippen LogP contribution < -0.4 is 15.4 Å². The number of piperidine rings is 1. The van der Waals surface area contributed by atoms with Crippen LogP contribution in [0.3, 0.4) is 0 Å². The summed E-state index contributed by atoms with van der Waals surface area (Å²) in [4.78, 5) is 37.3. The van der Waals surface area contributed by atoms with E-state index in [9.17, 15) is 14.0 Å². The number of esters is 1. The van der Waals surface area contributed by atoms with Crippen LogP contribution in [0.4, 0.5) is 16.3 Å². The minimum atomic E-state index is -0.457. The molecule has 0 aliphatic carbocycles. The maximum Gasteiger partial charge on any atom is 0.304 e. The average molecular weight is 505 g/mol. The third-order valence-electron chi connectivity index (χ3n) is 6.81. The molecule has 1 fully saturated rings. The molecule has 10 heteroatoms. The van der Waals surface area contributed by atoms with E-state index in [0.29, 0.717) is 12.5 Å². The standard InChI is InChI=1S/C27H29FN6O3/c1-19(35)37-18-34-25(36)11-14-29-26(34)31(2)22-12-15-32(16-13-22)27-30-23-5-3-4-6-24(23)33(27)17-20-7-9-21(28)10-8-20/h3-11,14,22H,12-13,15-18H2,1-2H3. The Labute approximate surface area is 213 Å². The van der Waals surface area contributed by atoms with Crippen LogP contribution in [0.25, 0.3) is 11.0 Å². The zero-order valence-electron chi connectivity index (χ0n) is 20.9. The molecule has 192 valence electrons. The summed E-state index contributed by atoms with van der Waals surface area (Å²) in [5.41, 5.74) is 2.68. The molecule has 0 radical (unpaired) electrons. The summed E-state index contributed by atoms with van der Waals surface area (Å²) in [6.45, 7) is 3.26. The number of hydrogen-bond acceptors (Lipinski definition) is 7. The number of carbonyl (C=O) groups excluding carboxylic acids is 1. The van der Waals surface area contributed by atoms with Gasteiger partial charge in [0, 0.05) is 45.4 Å². The van der Waals surface area contributed by atoms with Gasteiger partial charge in [0.1, 0.15) is 5.82 Å². The Kier molecular flexibility index (Phi) is 6.89. The molecule has 4 aromatic rings. The summed E-state index contributed by atoms with van der Waals surface area (Å²) in [6, 6.07) is 16.1. The number of hydrogen-bond donors (Lipinski definition) is 0. The number of para-hydroxylation sites is 2. The van der Waals surface area contributed by atoms with E-state index >= 15 is 0 Å². The van der Waals surface area contributed by atoms with Crippen LogP contribution in [0, 0.1) is 5.82 Å². The molecule has 1 aliphatic rings. The molecule has 0 saturated carbocycles. The first-order valence-corrected chi connectivity index (χ1v) is 12.3. The number of imidazole rings is 1. The quantitative estimate of drug-likeness (QED) is 0.357. The maximum absolute atomic E-state index is 13.5. The van der Waals surface area contributed by atoms with Gasteiger partial charge in [-0.2, -0.15) is 0 Å². The molecule has 1 saturated heterocycles. The summed E-state index contributed by atoms with van der Waals surface area (Å²) in [7, 11) is 1.91. The van der Waals surface area contributed by atoms with Crippen molar-refractivity contribution in [3.05, 3.63) is 82.5 Å². The Hall–Kier alpha value is -4.21. The van der Waals surface area contributed by atoms with Crippen LogP contribution >= 0.6 is 0 Å². The van der Waals surface area contributed by atoms with Crippen molar-refractivity contribution in [1.29, 1.82) is 0 Å². The van der Waals surface area contributed by atoms with E-state index in [0.717, 1.165) is 48.5 Å². The summed E-state index contributed by atoms with van der Waals surface area (Å²) >= 11 is 0. The van der Waals surface area contributed by atoms with Gasteiger partial charge in [-0.15, -0.1) is 0 Å². The van der Waals surface area contributed by atoms with E-state index < -0.39 is 5.97 Å². The molecule has 1 aliphatic heterocycles. The molecule has 0 N–H and O–H groups in total. The van der Waals surface area contributed by atoms with Crippen molar-refractivity contribution < 1.29 is 13.9 Å². The number of benzene rings is 2. The van der Waals surface area contributed by atoms with E-state index in [1.807, 2.05) is 30.1 Å². The fraction of sp³-hybridized carbons (Fsp3) is 0.333. The first kappa shape index (κ1) is 24.5. The van der Waals surface area contributed by atoms with Gasteiger partial charge in [-0.05, 0) is 42.7 Å². The van der Waals surface area contributed by atoms with Crippen molar-refractivity contribution >= 4 is 28.9 Å². The molecule has 3 heterocycles. The fourth-order valence-corrected chi connectivity index (χ4v) is 4.83. The Balaban J connectivity index is 1.35. The topological polar surface area (TPSA) is 85.5 Å². The number of anilines is 2. The molecule has 5 rings (SSSR count). The van der Waals surface area contributed by atoms with Gasteiger partial charge in [-0.25, -0.2) is 18.9 Å².